The first-order chi connectivity index (χ1) is 8.04. The summed E-state index contributed by atoms with van der Waals surface area (Å²) >= 11 is 5.91. The van der Waals surface area contributed by atoms with E-state index >= 15 is 0 Å². The standard InChI is InChI=1S/C9H11ClN2O5/c10-6-7(15)4(3-13)17-8(6)12-2-1-5(14)11-9(12)16/h1-2,4,6-8,13,15H,3H2,(H,11,14,16)/t4-,6?,7-,8-/m1/s1. The molecule has 2 heterocycles. The number of aliphatic hydroxyl groups is 2. The molecular formula is C9H11ClN2O5. The van der Waals surface area contributed by atoms with Gasteiger partial charge in [-0.1, -0.05) is 0 Å². The summed E-state index contributed by atoms with van der Waals surface area (Å²) in [7, 11) is 0. The van der Waals surface area contributed by atoms with Crippen LogP contribution in [0.4, 0.5) is 0 Å². The third-order valence-electron chi connectivity index (χ3n) is 2.60. The summed E-state index contributed by atoms with van der Waals surface area (Å²) in [6, 6.07) is 1.15. The predicted octanol–water partition coefficient (Wildman–Crippen LogP) is -1.61. The maximum Gasteiger partial charge on any atom is 0.330 e. The second kappa shape index (κ2) is 4.61. The minimum Gasteiger partial charge on any atom is -0.394 e. The van der Waals surface area contributed by atoms with E-state index in [-0.39, 0.29) is 0 Å². The molecule has 1 aliphatic heterocycles. The van der Waals surface area contributed by atoms with Gasteiger partial charge in [0.2, 0.25) is 0 Å². The fourth-order valence-electron chi connectivity index (χ4n) is 1.71. The van der Waals surface area contributed by atoms with Crippen LogP contribution in [-0.2, 0) is 4.74 Å². The average Bonchev–Trinajstić information content (AvgIpc) is 2.57. The molecule has 4 atom stereocenters. The number of halogens is 1. The number of aliphatic hydroxyl groups excluding tert-OH is 2. The van der Waals surface area contributed by atoms with Crippen LogP contribution >= 0.6 is 11.6 Å². The van der Waals surface area contributed by atoms with E-state index in [0.717, 1.165) is 10.6 Å². The molecule has 0 amide bonds. The Labute approximate surface area is 100 Å². The highest BCUT2D eigenvalue weighted by molar-refractivity contribution is 6.21. The molecule has 0 aliphatic carbocycles. The van der Waals surface area contributed by atoms with Crippen molar-refractivity contribution >= 4 is 11.6 Å². The molecule has 0 saturated carbocycles. The quantitative estimate of drug-likeness (QED) is 0.557. The SMILES string of the molecule is O=c1ccn([C@@H]2O[C@H](CO)[C@@H](O)C2Cl)c(=O)[nH]1. The minimum atomic E-state index is -1.08. The van der Waals surface area contributed by atoms with E-state index in [1.807, 2.05) is 0 Å². The van der Waals surface area contributed by atoms with Crippen LogP contribution in [0.2, 0.25) is 0 Å². The minimum absolute atomic E-state index is 0.404. The van der Waals surface area contributed by atoms with Gasteiger partial charge in [0.05, 0.1) is 6.61 Å². The molecule has 3 N–H and O–H groups in total. The topological polar surface area (TPSA) is 105 Å². The van der Waals surface area contributed by atoms with Crippen molar-refractivity contribution < 1.29 is 14.9 Å². The molecule has 1 aromatic rings. The Morgan fingerprint density at radius 1 is 1.53 bits per heavy atom. The molecule has 0 spiro atoms. The van der Waals surface area contributed by atoms with Crippen molar-refractivity contribution in [2.75, 3.05) is 6.61 Å². The first-order valence-corrected chi connectivity index (χ1v) is 5.38. The number of ether oxygens (including phenoxy) is 1. The molecular weight excluding hydrogens is 252 g/mol. The van der Waals surface area contributed by atoms with Crippen molar-refractivity contribution in [3.63, 3.8) is 0 Å². The predicted molar refractivity (Wildman–Crippen MR) is 58.0 cm³/mol. The Kier molecular flexibility index (Phi) is 3.34. The zero-order valence-electron chi connectivity index (χ0n) is 8.62. The Morgan fingerprint density at radius 2 is 2.24 bits per heavy atom. The van der Waals surface area contributed by atoms with E-state index in [1.54, 1.807) is 0 Å². The molecule has 1 aromatic heterocycles. The fourth-order valence-corrected chi connectivity index (χ4v) is 2.05. The Hall–Kier alpha value is -1.15. The molecule has 1 fully saturated rings. The summed E-state index contributed by atoms with van der Waals surface area (Å²) in [6.45, 7) is -0.404. The van der Waals surface area contributed by atoms with E-state index in [4.69, 9.17) is 21.4 Å². The average molecular weight is 263 g/mol. The number of aromatic amines is 1. The molecule has 2 rings (SSSR count). The monoisotopic (exact) mass is 262 g/mol. The number of aromatic nitrogens is 2. The van der Waals surface area contributed by atoms with Gasteiger partial charge in [0.1, 0.15) is 17.6 Å². The summed E-state index contributed by atoms with van der Waals surface area (Å²) in [5, 5.41) is 17.7. The maximum absolute atomic E-state index is 11.5. The highest BCUT2D eigenvalue weighted by atomic mass is 35.5. The van der Waals surface area contributed by atoms with Crippen molar-refractivity contribution in [1.82, 2.24) is 9.55 Å². The lowest BCUT2D eigenvalue weighted by molar-refractivity contribution is -0.0457. The highest BCUT2D eigenvalue weighted by Crippen LogP contribution is 2.31. The fraction of sp³-hybridized carbons (Fsp3) is 0.556. The van der Waals surface area contributed by atoms with Gasteiger partial charge in [0.15, 0.2) is 6.23 Å². The third-order valence-corrected chi connectivity index (χ3v) is 3.07. The van der Waals surface area contributed by atoms with Gasteiger partial charge < -0.3 is 14.9 Å². The number of hydrogen-bond donors (Lipinski definition) is 3. The summed E-state index contributed by atoms with van der Waals surface area (Å²) in [4.78, 5) is 24.4. The highest BCUT2D eigenvalue weighted by Gasteiger charge is 2.43. The van der Waals surface area contributed by atoms with Crippen molar-refractivity contribution in [3.8, 4) is 0 Å². The van der Waals surface area contributed by atoms with Gasteiger partial charge in [-0.25, -0.2) is 4.79 Å². The van der Waals surface area contributed by atoms with Crippen LogP contribution in [0.25, 0.3) is 0 Å². The van der Waals surface area contributed by atoms with Gasteiger partial charge in [-0.2, -0.15) is 0 Å². The lowest BCUT2D eigenvalue weighted by Crippen LogP contribution is -2.35. The largest absolute Gasteiger partial charge is 0.394 e. The smallest absolute Gasteiger partial charge is 0.330 e. The summed E-state index contributed by atoms with van der Waals surface area (Å²) < 4.78 is 6.32. The van der Waals surface area contributed by atoms with E-state index in [0.29, 0.717) is 0 Å². The lowest BCUT2D eigenvalue weighted by Gasteiger charge is -2.15. The molecule has 7 nitrogen and oxygen atoms in total. The van der Waals surface area contributed by atoms with Crippen molar-refractivity contribution in [2.45, 2.75) is 23.8 Å². The zero-order chi connectivity index (χ0) is 12.6. The van der Waals surface area contributed by atoms with Crippen molar-refractivity contribution in [2.24, 2.45) is 0 Å². The van der Waals surface area contributed by atoms with Crippen molar-refractivity contribution in [1.29, 1.82) is 0 Å². The van der Waals surface area contributed by atoms with E-state index < -0.39 is 41.7 Å². The number of rotatable bonds is 2. The number of hydrogen-bond acceptors (Lipinski definition) is 5. The van der Waals surface area contributed by atoms with Crippen LogP contribution in [0.15, 0.2) is 21.9 Å². The first-order valence-electron chi connectivity index (χ1n) is 4.94. The molecule has 0 aromatic carbocycles. The van der Waals surface area contributed by atoms with Crippen LogP contribution in [-0.4, -0.2) is 44.0 Å². The van der Waals surface area contributed by atoms with Crippen LogP contribution in [0.3, 0.4) is 0 Å². The zero-order valence-corrected chi connectivity index (χ0v) is 9.37. The second-order valence-electron chi connectivity index (χ2n) is 3.70. The van der Waals surface area contributed by atoms with Gasteiger partial charge >= 0.3 is 5.69 Å². The molecule has 94 valence electrons. The first kappa shape index (κ1) is 12.3. The molecule has 1 unspecified atom stereocenters. The van der Waals surface area contributed by atoms with Gasteiger partial charge in [0, 0.05) is 12.3 Å². The van der Waals surface area contributed by atoms with E-state index in [9.17, 15) is 14.7 Å². The number of nitrogens with one attached hydrogen (secondary N) is 1. The Bertz CT molecular complexity index is 513. The van der Waals surface area contributed by atoms with E-state index in [1.165, 1.54) is 6.20 Å². The molecule has 17 heavy (non-hydrogen) atoms. The number of nitrogens with zero attached hydrogens (tertiary/aromatic N) is 1. The van der Waals surface area contributed by atoms with Crippen LogP contribution in [0.1, 0.15) is 6.23 Å². The van der Waals surface area contributed by atoms with Crippen molar-refractivity contribution in [3.05, 3.63) is 33.1 Å². The van der Waals surface area contributed by atoms with Gasteiger partial charge in [-0.05, 0) is 0 Å². The van der Waals surface area contributed by atoms with Gasteiger partial charge in [-0.15, -0.1) is 11.6 Å². The lowest BCUT2D eigenvalue weighted by atomic mass is 10.2. The summed E-state index contributed by atoms with van der Waals surface area (Å²) in [5.41, 5.74) is -1.21. The second-order valence-corrected chi connectivity index (χ2v) is 4.20. The molecule has 8 heteroatoms. The Balaban J connectivity index is 2.35. The van der Waals surface area contributed by atoms with Gasteiger partial charge in [-0.3, -0.25) is 14.3 Å². The summed E-state index contributed by atoms with van der Waals surface area (Å²) in [5.74, 6) is 0. The van der Waals surface area contributed by atoms with Gasteiger partial charge in [0.25, 0.3) is 5.56 Å². The van der Waals surface area contributed by atoms with E-state index in [2.05, 4.69) is 4.98 Å². The third kappa shape index (κ3) is 2.14. The molecule has 0 radical (unpaired) electrons. The number of H-pyrrole nitrogens is 1. The van der Waals surface area contributed by atoms with Crippen LogP contribution in [0.5, 0.6) is 0 Å². The molecule has 1 saturated heterocycles. The summed E-state index contributed by atoms with van der Waals surface area (Å²) in [6.07, 6.45) is -1.62. The van der Waals surface area contributed by atoms with Crippen LogP contribution < -0.4 is 11.2 Å². The molecule has 1 aliphatic rings. The van der Waals surface area contributed by atoms with Crippen LogP contribution in [0, 0.1) is 0 Å². The normalized spacial score (nSPS) is 32.9. The number of alkyl halides is 1. The maximum atomic E-state index is 11.5. The Morgan fingerprint density at radius 3 is 2.76 bits per heavy atom. The molecule has 0 bridgehead atoms.